The van der Waals surface area contributed by atoms with Crippen LogP contribution in [0.5, 0.6) is 0 Å². The van der Waals surface area contributed by atoms with E-state index >= 15 is 0 Å². The summed E-state index contributed by atoms with van der Waals surface area (Å²) in [4.78, 5) is 11.2. The average molecular weight is 200 g/mol. The molecule has 5 nitrogen and oxygen atoms in total. The molecule has 13 heavy (non-hydrogen) atoms. The summed E-state index contributed by atoms with van der Waals surface area (Å²) >= 11 is 1.37. The Kier molecular flexibility index (Phi) is 3.78. The maximum atomic E-state index is 11.2. The summed E-state index contributed by atoms with van der Waals surface area (Å²) in [6.07, 6.45) is 0.453. The number of carbonyl (C=O) groups is 1. The fraction of sp³-hybridized carbons (Fsp3) is 0.571. The Morgan fingerprint density at radius 3 is 2.85 bits per heavy atom. The molecular weight excluding hydrogens is 188 g/mol. The Morgan fingerprint density at radius 2 is 2.31 bits per heavy atom. The van der Waals surface area contributed by atoms with Gasteiger partial charge in [0.1, 0.15) is 5.01 Å². The Bertz CT molecular complexity index is 286. The molecule has 1 aromatic rings. The Balaban J connectivity index is 2.36. The van der Waals surface area contributed by atoms with Crippen LogP contribution in [0.25, 0.3) is 0 Å². The number of anilines is 1. The maximum Gasteiger partial charge on any atom is 0.227 e. The zero-order chi connectivity index (χ0) is 9.68. The number of carbonyl (C=O) groups excluding carboxylic acids is 1. The number of nitrogens with one attached hydrogen (secondary N) is 2. The normalized spacial score (nSPS) is 10.0. The minimum Gasteiger partial charge on any atom is -0.319 e. The molecule has 0 radical (unpaired) electrons. The number of hydrogen-bond acceptors (Lipinski definition) is 5. The van der Waals surface area contributed by atoms with E-state index in [0.717, 1.165) is 5.01 Å². The van der Waals surface area contributed by atoms with Gasteiger partial charge in [-0.1, -0.05) is 11.3 Å². The summed E-state index contributed by atoms with van der Waals surface area (Å²) < 4.78 is 0. The maximum absolute atomic E-state index is 11.2. The predicted molar refractivity (Wildman–Crippen MR) is 51.8 cm³/mol. The quantitative estimate of drug-likeness (QED) is 0.738. The van der Waals surface area contributed by atoms with Gasteiger partial charge in [-0.15, -0.1) is 10.2 Å². The third-order valence-corrected chi connectivity index (χ3v) is 2.13. The zero-order valence-corrected chi connectivity index (χ0v) is 8.44. The van der Waals surface area contributed by atoms with Crippen LogP contribution in [-0.2, 0) is 4.79 Å². The fourth-order valence-electron chi connectivity index (χ4n) is 0.767. The molecule has 72 valence electrons. The highest BCUT2D eigenvalue weighted by Gasteiger charge is 2.04. The van der Waals surface area contributed by atoms with Crippen LogP contribution >= 0.6 is 11.3 Å². The van der Waals surface area contributed by atoms with Crippen molar-refractivity contribution in [3.63, 3.8) is 0 Å². The molecule has 0 fully saturated rings. The summed E-state index contributed by atoms with van der Waals surface area (Å²) in [5.74, 6) is -0.0366. The summed E-state index contributed by atoms with van der Waals surface area (Å²) in [5, 5.41) is 14.5. The van der Waals surface area contributed by atoms with Crippen LogP contribution in [0.4, 0.5) is 5.13 Å². The van der Waals surface area contributed by atoms with Gasteiger partial charge in [0.15, 0.2) is 0 Å². The van der Waals surface area contributed by atoms with Crippen molar-refractivity contribution in [2.45, 2.75) is 13.3 Å². The molecule has 1 rings (SSSR count). The van der Waals surface area contributed by atoms with E-state index in [-0.39, 0.29) is 5.91 Å². The molecule has 0 aromatic carbocycles. The second kappa shape index (κ2) is 4.88. The van der Waals surface area contributed by atoms with E-state index in [4.69, 9.17) is 0 Å². The molecule has 0 aliphatic carbocycles. The number of amides is 1. The molecule has 0 saturated carbocycles. The summed E-state index contributed by atoms with van der Waals surface area (Å²) in [6, 6.07) is 0. The third kappa shape index (κ3) is 3.47. The number of aromatic nitrogens is 2. The van der Waals surface area contributed by atoms with Crippen molar-refractivity contribution >= 4 is 22.4 Å². The van der Waals surface area contributed by atoms with E-state index in [9.17, 15) is 4.79 Å². The van der Waals surface area contributed by atoms with Gasteiger partial charge in [-0.3, -0.25) is 4.79 Å². The molecule has 0 unspecified atom stereocenters. The minimum absolute atomic E-state index is 0.0366. The van der Waals surface area contributed by atoms with Gasteiger partial charge in [0.05, 0.1) is 0 Å². The fourth-order valence-corrected chi connectivity index (χ4v) is 1.38. The second-order valence-corrected chi connectivity index (χ2v) is 3.71. The molecular formula is C7H12N4OS. The highest BCUT2D eigenvalue weighted by molar-refractivity contribution is 7.15. The van der Waals surface area contributed by atoms with E-state index in [2.05, 4.69) is 20.8 Å². The van der Waals surface area contributed by atoms with Crippen LogP contribution in [0.3, 0.4) is 0 Å². The van der Waals surface area contributed by atoms with Gasteiger partial charge >= 0.3 is 0 Å². The lowest BCUT2D eigenvalue weighted by Gasteiger charge is -1.99. The van der Waals surface area contributed by atoms with Crippen LogP contribution < -0.4 is 10.6 Å². The van der Waals surface area contributed by atoms with E-state index in [1.165, 1.54) is 11.3 Å². The van der Waals surface area contributed by atoms with Crippen molar-refractivity contribution in [2.75, 3.05) is 18.9 Å². The lowest BCUT2D eigenvalue weighted by Crippen LogP contribution is -2.18. The van der Waals surface area contributed by atoms with Crippen LogP contribution in [0.2, 0.25) is 0 Å². The number of nitrogens with zero attached hydrogens (tertiary/aromatic N) is 2. The van der Waals surface area contributed by atoms with Gasteiger partial charge in [0, 0.05) is 13.0 Å². The minimum atomic E-state index is -0.0366. The molecule has 0 aliphatic heterocycles. The highest BCUT2D eigenvalue weighted by atomic mass is 32.1. The summed E-state index contributed by atoms with van der Waals surface area (Å²) in [5.41, 5.74) is 0. The van der Waals surface area contributed by atoms with Crippen molar-refractivity contribution < 1.29 is 4.79 Å². The average Bonchev–Trinajstić information content (AvgIpc) is 2.48. The molecule has 0 saturated heterocycles. The standard InChI is InChI=1S/C7H12N4OS/c1-5-10-11-7(13-5)9-6(12)3-4-8-2/h8H,3-4H2,1-2H3,(H,9,11,12). The second-order valence-electron chi connectivity index (χ2n) is 2.53. The molecule has 1 heterocycles. The van der Waals surface area contributed by atoms with Crippen molar-refractivity contribution in [3.8, 4) is 0 Å². The first kappa shape index (κ1) is 10.1. The van der Waals surface area contributed by atoms with E-state index in [0.29, 0.717) is 18.1 Å². The first-order valence-electron chi connectivity index (χ1n) is 3.97. The Labute approximate surface area is 80.6 Å². The van der Waals surface area contributed by atoms with E-state index in [1.54, 1.807) is 0 Å². The van der Waals surface area contributed by atoms with E-state index in [1.807, 2.05) is 14.0 Å². The lowest BCUT2D eigenvalue weighted by atomic mass is 10.4. The van der Waals surface area contributed by atoms with Crippen LogP contribution in [0.15, 0.2) is 0 Å². The lowest BCUT2D eigenvalue weighted by molar-refractivity contribution is -0.116. The van der Waals surface area contributed by atoms with Crippen molar-refractivity contribution in [3.05, 3.63) is 5.01 Å². The first-order chi connectivity index (χ1) is 6.22. The number of rotatable bonds is 4. The van der Waals surface area contributed by atoms with Crippen molar-refractivity contribution in [2.24, 2.45) is 0 Å². The van der Waals surface area contributed by atoms with Crippen LogP contribution in [0.1, 0.15) is 11.4 Å². The van der Waals surface area contributed by atoms with Crippen molar-refractivity contribution in [1.82, 2.24) is 15.5 Å². The molecule has 2 N–H and O–H groups in total. The molecule has 0 atom stereocenters. The van der Waals surface area contributed by atoms with Crippen molar-refractivity contribution in [1.29, 1.82) is 0 Å². The topological polar surface area (TPSA) is 66.9 Å². The van der Waals surface area contributed by atoms with Gasteiger partial charge in [-0.25, -0.2) is 0 Å². The summed E-state index contributed by atoms with van der Waals surface area (Å²) in [7, 11) is 1.81. The number of aryl methyl sites for hydroxylation is 1. The van der Waals surface area contributed by atoms with Gasteiger partial charge < -0.3 is 10.6 Å². The molecule has 1 aromatic heterocycles. The molecule has 0 aliphatic rings. The largest absolute Gasteiger partial charge is 0.319 e. The monoisotopic (exact) mass is 200 g/mol. The Hall–Kier alpha value is -1.01. The molecule has 6 heteroatoms. The highest BCUT2D eigenvalue weighted by Crippen LogP contribution is 2.13. The first-order valence-corrected chi connectivity index (χ1v) is 4.78. The third-order valence-electron chi connectivity index (χ3n) is 1.37. The predicted octanol–water partition coefficient (Wildman–Crippen LogP) is 0.395. The van der Waals surface area contributed by atoms with E-state index < -0.39 is 0 Å². The zero-order valence-electron chi connectivity index (χ0n) is 7.63. The van der Waals surface area contributed by atoms with Crippen LogP contribution in [0, 0.1) is 6.92 Å². The SMILES string of the molecule is CNCCC(=O)Nc1nnc(C)s1. The van der Waals surface area contributed by atoms with Gasteiger partial charge in [-0.05, 0) is 14.0 Å². The molecule has 0 bridgehead atoms. The van der Waals surface area contributed by atoms with Gasteiger partial charge in [0.2, 0.25) is 11.0 Å². The van der Waals surface area contributed by atoms with Crippen LogP contribution in [-0.4, -0.2) is 29.7 Å². The smallest absolute Gasteiger partial charge is 0.227 e. The molecule has 0 spiro atoms. The summed E-state index contributed by atoms with van der Waals surface area (Å²) in [6.45, 7) is 2.52. The number of hydrogen-bond donors (Lipinski definition) is 2. The Morgan fingerprint density at radius 1 is 1.54 bits per heavy atom. The van der Waals surface area contributed by atoms with Gasteiger partial charge in [-0.2, -0.15) is 0 Å². The van der Waals surface area contributed by atoms with Gasteiger partial charge in [0.25, 0.3) is 0 Å². The molecule has 1 amide bonds.